The van der Waals surface area contributed by atoms with Crippen molar-refractivity contribution in [1.82, 2.24) is 4.98 Å². The molecule has 3 aromatic carbocycles. The van der Waals surface area contributed by atoms with Crippen LogP contribution in [0.3, 0.4) is 0 Å². The predicted molar refractivity (Wildman–Crippen MR) is 90.7 cm³/mol. The molecule has 1 N–H and O–H groups in total. The number of aromatic nitrogens is 1. The van der Waals surface area contributed by atoms with Crippen molar-refractivity contribution in [3.05, 3.63) is 71.8 Å². The Bertz CT molecular complexity index is 946. The highest BCUT2D eigenvalue weighted by Crippen LogP contribution is 2.34. The molecule has 4 rings (SSSR count). The van der Waals surface area contributed by atoms with Gasteiger partial charge in [0.05, 0.1) is 5.52 Å². The monoisotopic (exact) mass is 271 g/mol. The van der Waals surface area contributed by atoms with Crippen LogP contribution in [-0.2, 0) is 0 Å². The highest BCUT2D eigenvalue weighted by atomic mass is 14.7. The van der Waals surface area contributed by atoms with E-state index < -0.39 is 0 Å². The zero-order valence-electron chi connectivity index (χ0n) is 12.3. The summed E-state index contributed by atoms with van der Waals surface area (Å²) in [5.41, 5.74) is 7.68. The van der Waals surface area contributed by atoms with Crippen molar-refractivity contribution in [1.29, 1.82) is 0 Å². The van der Waals surface area contributed by atoms with Crippen LogP contribution in [0.2, 0.25) is 0 Å². The first-order valence-electron chi connectivity index (χ1n) is 7.32. The summed E-state index contributed by atoms with van der Waals surface area (Å²) in [7, 11) is 0. The Morgan fingerprint density at radius 1 is 0.667 bits per heavy atom. The van der Waals surface area contributed by atoms with Crippen molar-refractivity contribution in [2.45, 2.75) is 13.8 Å². The van der Waals surface area contributed by atoms with Gasteiger partial charge in [-0.05, 0) is 36.1 Å². The fourth-order valence-electron chi connectivity index (χ4n) is 3.21. The molecule has 0 aliphatic rings. The molecule has 0 radical (unpaired) electrons. The highest BCUT2D eigenvalue weighted by Gasteiger charge is 2.11. The molecule has 0 unspecified atom stereocenters. The minimum Gasteiger partial charge on any atom is -0.354 e. The van der Waals surface area contributed by atoms with E-state index in [4.69, 9.17) is 0 Å². The largest absolute Gasteiger partial charge is 0.354 e. The molecule has 0 fully saturated rings. The Morgan fingerprint density at radius 3 is 2.24 bits per heavy atom. The molecule has 1 aromatic heterocycles. The minimum atomic E-state index is 1.25. The Morgan fingerprint density at radius 2 is 1.43 bits per heavy atom. The van der Waals surface area contributed by atoms with Gasteiger partial charge in [0.2, 0.25) is 0 Å². The van der Waals surface area contributed by atoms with E-state index in [0.717, 1.165) is 0 Å². The van der Waals surface area contributed by atoms with Crippen LogP contribution >= 0.6 is 0 Å². The maximum Gasteiger partial charge on any atom is 0.0500 e. The molecule has 0 amide bonds. The number of aromatic amines is 1. The predicted octanol–water partition coefficient (Wildman–Crippen LogP) is 5.60. The lowest BCUT2D eigenvalue weighted by atomic mass is 9.98. The summed E-state index contributed by atoms with van der Waals surface area (Å²) >= 11 is 0. The molecule has 102 valence electrons. The van der Waals surface area contributed by atoms with Gasteiger partial charge in [0.15, 0.2) is 0 Å². The summed E-state index contributed by atoms with van der Waals surface area (Å²) < 4.78 is 0. The molecule has 21 heavy (non-hydrogen) atoms. The van der Waals surface area contributed by atoms with Crippen LogP contribution in [0.5, 0.6) is 0 Å². The van der Waals surface area contributed by atoms with Gasteiger partial charge in [-0.15, -0.1) is 0 Å². The van der Waals surface area contributed by atoms with Crippen LogP contribution in [0.4, 0.5) is 0 Å². The first-order valence-corrected chi connectivity index (χ1v) is 7.32. The molecule has 0 aliphatic heterocycles. The summed E-state index contributed by atoms with van der Waals surface area (Å²) in [6.45, 7) is 4.36. The molecular weight excluding hydrogens is 254 g/mol. The molecule has 0 bridgehead atoms. The Hall–Kier alpha value is -2.54. The van der Waals surface area contributed by atoms with E-state index in [1.807, 2.05) is 0 Å². The second-order valence-electron chi connectivity index (χ2n) is 5.65. The number of nitrogens with one attached hydrogen (secondary N) is 1. The van der Waals surface area contributed by atoms with Gasteiger partial charge in [0.1, 0.15) is 0 Å². The lowest BCUT2D eigenvalue weighted by Crippen LogP contribution is -1.84. The summed E-state index contributed by atoms with van der Waals surface area (Å²) in [5, 5.41) is 2.62. The molecule has 1 heteroatoms. The van der Waals surface area contributed by atoms with Crippen LogP contribution < -0.4 is 0 Å². The Kier molecular flexibility index (Phi) is 2.61. The quantitative estimate of drug-likeness (QED) is 0.463. The molecule has 0 spiro atoms. The van der Waals surface area contributed by atoms with Crippen LogP contribution in [0.25, 0.3) is 32.9 Å². The summed E-state index contributed by atoms with van der Waals surface area (Å²) in [5.74, 6) is 0. The Labute approximate surface area is 124 Å². The van der Waals surface area contributed by atoms with E-state index in [0.29, 0.717) is 0 Å². The number of aryl methyl sites for hydroxylation is 2. The van der Waals surface area contributed by atoms with Gasteiger partial charge in [-0.3, -0.25) is 0 Å². The van der Waals surface area contributed by atoms with E-state index in [1.54, 1.807) is 0 Å². The van der Waals surface area contributed by atoms with Crippen molar-refractivity contribution in [2.75, 3.05) is 0 Å². The van der Waals surface area contributed by atoms with Gasteiger partial charge in [-0.1, -0.05) is 60.7 Å². The first-order chi connectivity index (χ1) is 10.3. The van der Waals surface area contributed by atoms with E-state index >= 15 is 0 Å². The lowest BCUT2D eigenvalue weighted by Gasteiger charge is -2.07. The molecule has 0 atom stereocenters. The Balaban J connectivity index is 2.08. The third-order valence-electron chi connectivity index (χ3n) is 4.36. The maximum absolute atomic E-state index is 3.62. The van der Waals surface area contributed by atoms with Gasteiger partial charge in [-0.25, -0.2) is 0 Å². The fourth-order valence-corrected chi connectivity index (χ4v) is 3.21. The first kappa shape index (κ1) is 12.2. The third-order valence-corrected chi connectivity index (χ3v) is 4.36. The van der Waals surface area contributed by atoms with E-state index in [2.05, 4.69) is 79.5 Å². The molecular formula is C20H17N. The van der Waals surface area contributed by atoms with Crippen LogP contribution in [0.15, 0.2) is 60.7 Å². The second-order valence-corrected chi connectivity index (χ2v) is 5.65. The molecule has 4 aromatic rings. The lowest BCUT2D eigenvalue weighted by molar-refractivity contribution is 1.42. The summed E-state index contributed by atoms with van der Waals surface area (Å²) in [4.78, 5) is 3.62. The number of H-pyrrole nitrogens is 1. The van der Waals surface area contributed by atoms with Gasteiger partial charge in [0, 0.05) is 16.3 Å². The molecule has 1 nitrogen and oxygen atoms in total. The van der Waals surface area contributed by atoms with Gasteiger partial charge >= 0.3 is 0 Å². The zero-order valence-corrected chi connectivity index (χ0v) is 12.3. The van der Waals surface area contributed by atoms with Crippen LogP contribution in [-0.4, -0.2) is 4.98 Å². The second kappa shape index (κ2) is 4.49. The van der Waals surface area contributed by atoms with Crippen LogP contribution in [0, 0.1) is 13.8 Å². The van der Waals surface area contributed by atoms with Gasteiger partial charge in [-0.2, -0.15) is 0 Å². The topological polar surface area (TPSA) is 15.8 Å². The van der Waals surface area contributed by atoms with Crippen molar-refractivity contribution < 1.29 is 0 Å². The molecule has 0 saturated carbocycles. The van der Waals surface area contributed by atoms with Crippen molar-refractivity contribution in [3.8, 4) is 11.1 Å². The number of hydrogen-bond acceptors (Lipinski definition) is 0. The smallest absolute Gasteiger partial charge is 0.0500 e. The molecule has 1 heterocycles. The average molecular weight is 271 g/mol. The SMILES string of the molecule is Cc1cccc2c1[nH]c1c(C)c(-c3ccccc3)ccc12. The standard InChI is InChI=1S/C20H17N/c1-13-7-6-10-17-18-12-11-16(15-8-4-3-5-9-15)14(2)20(18)21-19(13)17/h3-12,21H,1-2H3. The number of benzene rings is 3. The fraction of sp³-hybridized carbons (Fsp3) is 0.100. The van der Waals surface area contributed by atoms with E-state index in [-0.39, 0.29) is 0 Å². The number of hydrogen-bond donors (Lipinski definition) is 1. The van der Waals surface area contributed by atoms with Gasteiger partial charge in [0.25, 0.3) is 0 Å². The van der Waals surface area contributed by atoms with Crippen molar-refractivity contribution >= 4 is 21.8 Å². The van der Waals surface area contributed by atoms with Crippen molar-refractivity contribution in [3.63, 3.8) is 0 Å². The number of para-hydroxylation sites is 1. The highest BCUT2D eigenvalue weighted by molar-refractivity contribution is 6.10. The van der Waals surface area contributed by atoms with Crippen LogP contribution in [0.1, 0.15) is 11.1 Å². The summed E-state index contributed by atoms with van der Waals surface area (Å²) in [6, 6.07) is 21.5. The molecule has 0 aliphatic carbocycles. The van der Waals surface area contributed by atoms with Gasteiger partial charge < -0.3 is 4.98 Å². The maximum atomic E-state index is 3.62. The van der Waals surface area contributed by atoms with E-state index in [1.165, 1.54) is 44.1 Å². The zero-order chi connectivity index (χ0) is 14.4. The number of fused-ring (bicyclic) bond motifs is 3. The number of rotatable bonds is 1. The third kappa shape index (κ3) is 1.78. The van der Waals surface area contributed by atoms with E-state index in [9.17, 15) is 0 Å². The normalized spacial score (nSPS) is 11.3. The molecule has 0 saturated heterocycles. The average Bonchev–Trinajstić information content (AvgIpc) is 2.90. The minimum absolute atomic E-state index is 1.25. The summed E-state index contributed by atoms with van der Waals surface area (Å²) in [6.07, 6.45) is 0. The van der Waals surface area contributed by atoms with Crippen molar-refractivity contribution in [2.24, 2.45) is 0 Å².